The number of likely N-dealkylation sites (tertiary alicyclic amines) is 1. The van der Waals surface area contributed by atoms with E-state index in [2.05, 4.69) is 12.2 Å². The summed E-state index contributed by atoms with van der Waals surface area (Å²) >= 11 is 0. The van der Waals surface area contributed by atoms with E-state index in [1.165, 1.54) is 6.42 Å². The number of hydrogen-bond donors (Lipinski definition) is 1. The van der Waals surface area contributed by atoms with E-state index in [1.54, 1.807) is 0 Å². The maximum Gasteiger partial charge on any atom is 0.410 e. The standard InChI is InChI=1S/C13H24N2O2/c1-9-7-10-5-6-15(8-11(10)14-9)12(16)17-13(2,3)4/h9-11,14H,5-8H2,1-4H3. The van der Waals surface area contributed by atoms with Crippen molar-refractivity contribution >= 4 is 6.09 Å². The van der Waals surface area contributed by atoms with Gasteiger partial charge in [0.2, 0.25) is 0 Å². The van der Waals surface area contributed by atoms with Gasteiger partial charge in [-0.15, -0.1) is 0 Å². The molecule has 0 aromatic heterocycles. The highest BCUT2D eigenvalue weighted by Crippen LogP contribution is 2.28. The van der Waals surface area contributed by atoms with Gasteiger partial charge in [0.1, 0.15) is 5.60 Å². The molecule has 2 saturated heterocycles. The third kappa shape index (κ3) is 3.12. The van der Waals surface area contributed by atoms with E-state index in [9.17, 15) is 4.79 Å². The van der Waals surface area contributed by atoms with Gasteiger partial charge in [0.15, 0.2) is 0 Å². The number of amides is 1. The van der Waals surface area contributed by atoms with Gasteiger partial charge < -0.3 is 15.0 Å². The molecule has 2 heterocycles. The molecule has 2 rings (SSSR count). The smallest absolute Gasteiger partial charge is 0.410 e. The first-order valence-electron chi connectivity index (χ1n) is 6.59. The molecule has 4 heteroatoms. The summed E-state index contributed by atoms with van der Waals surface area (Å²) in [7, 11) is 0. The number of nitrogens with one attached hydrogen (secondary N) is 1. The number of piperidine rings is 1. The van der Waals surface area contributed by atoms with Gasteiger partial charge in [-0.25, -0.2) is 4.79 Å². The van der Waals surface area contributed by atoms with Crippen molar-refractivity contribution < 1.29 is 9.53 Å². The molecule has 98 valence electrons. The summed E-state index contributed by atoms with van der Waals surface area (Å²) in [5.41, 5.74) is -0.398. The third-order valence-electron chi connectivity index (χ3n) is 3.56. The van der Waals surface area contributed by atoms with E-state index in [0.29, 0.717) is 12.1 Å². The van der Waals surface area contributed by atoms with Crippen molar-refractivity contribution in [3.8, 4) is 0 Å². The minimum Gasteiger partial charge on any atom is -0.444 e. The lowest BCUT2D eigenvalue weighted by Crippen LogP contribution is -2.50. The first-order chi connectivity index (χ1) is 7.85. The molecule has 0 spiro atoms. The van der Waals surface area contributed by atoms with Gasteiger partial charge >= 0.3 is 6.09 Å². The summed E-state index contributed by atoms with van der Waals surface area (Å²) in [6.07, 6.45) is 2.17. The second-order valence-electron chi connectivity index (χ2n) is 6.39. The Hall–Kier alpha value is -0.770. The van der Waals surface area contributed by atoms with Crippen molar-refractivity contribution in [2.75, 3.05) is 13.1 Å². The lowest BCUT2D eigenvalue weighted by Gasteiger charge is -2.35. The number of ether oxygens (including phenoxy) is 1. The average molecular weight is 240 g/mol. The van der Waals surface area contributed by atoms with Crippen LogP contribution in [0.25, 0.3) is 0 Å². The summed E-state index contributed by atoms with van der Waals surface area (Å²) in [4.78, 5) is 13.8. The van der Waals surface area contributed by atoms with E-state index in [4.69, 9.17) is 4.74 Å². The largest absolute Gasteiger partial charge is 0.444 e. The molecule has 0 saturated carbocycles. The molecule has 2 aliphatic rings. The number of hydrogen-bond acceptors (Lipinski definition) is 3. The molecule has 1 amide bonds. The number of carbonyl (C=O) groups is 1. The van der Waals surface area contributed by atoms with Gasteiger partial charge in [-0.2, -0.15) is 0 Å². The number of rotatable bonds is 0. The fraction of sp³-hybridized carbons (Fsp3) is 0.923. The number of nitrogens with zero attached hydrogens (tertiary/aromatic N) is 1. The fourth-order valence-corrected chi connectivity index (χ4v) is 2.85. The molecule has 17 heavy (non-hydrogen) atoms. The van der Waals surface area contributed by atoms with Gasteiger partial charge in [0.05, 0.1) is 0 Å². The van der Waals surface area contributed by atoms with E-state index in [1.807, 2.05) is 25.7 Å². The molecule has 0 aliphatic carbocycles. The number of carbonyl (C=O) groups excluding carboxylic acids is 1. The highest BCUT2D eigenvalue weighted by atomic mass is 16.6. The second kappa shape index (κ2) is 4.48. The molecule has 0 aromatic carbocycles. The van der Waals surface area contributed by atoms with Crippen molar-refractivity contribution in [1.82, 2.24) is 10.2 Å². The van der Waals surface area contributed by atoms with Gasteiger partial charge in [-0.3, -0.25) is 0 Å². The van der Waals surface area contributed by atoms with Crippen LogP contribution in [0.5, 0.6) is 0 Å². The quantitative estimate of drug-likeness (QED) is 0.704. The molecule has 3 unspecified atom stereocenters. The Balaban J connectivity index is 1.90. The SMILES string of the molecule is CC1CC2CCN(C(=O)OC(C)(C)C)CC2N1. The molecule has 2 aliphatic heterocycles. The minimum absolute atomic E-state index is 0.169. The zero-order valence-electron chi connectivity index (χ0n) is 11.3. The summed E-state index contributed by atoms with van der Waals surface area (Å²) in [6.45, 7) is 9.58. The van der Waals surface area contributed by atoms with Crippen LogP contribution in [0, 0.1) is 5.92 Å². The van der Waals surface area contributed by atoms with Crippen molar-refractivity contribution in [3.05, 3.63) is 0 Å². The Kier molecular flexibility index (Phi) is 3.34. The minimum atomic E-state index is -0.398. The molecule has 1 N–H and O–H groups in total. The average Bonchev–Trinajstić information content (AvgIpc) is 2.53. The van der Waals surface area contributed by atoms with E-state index in [0.717, 1.165) is 25.4 Å². The molecule has 0 aromatic rings. The predicted octanol–water partition coefficient (Wildman–Crippen LogP) is 1.99. The topological polar surface area (TPSA) is 41.6 Å². The monoisotopic (exact) mass is 240 g/mol. The Bertz CT molecular complexity index is 298. The Labute approximate surface area is 104 Å². The summed E-state index contributed by atoms with van der Waals surface area (Å²) in [5.74, 6) is 0.740. The highest BCUT2D eigenvalue weighted by Gasteiger charge is 2.38. The van der Waals surface area contributed by atoms with E-state index < -0.39 is 5.60 Å². The normalized spacial score (nSPS) is 33.4. The van der Waals surface area contributed by atoms with Crippen molar-refractivity contribution in [2.24, 2.45) is 5.92 Å². The van der Waals surface area contributed by atoms with Gasteiger partial charge in [0, 0.05) is 25.2 Å². The van der Waals surface area contributed by atoms with Crippen LogP contribution in [0.15, 0.2) is 0 Å². The van der Waals surface area contributed by atoms with Crippen LogP contribution in [-0.2, 0) is 4.74 Å². The Morgan fingerprint density at radius 1 is 1.41 bits per heavy atom. The van der Waals surface area contributed by atoms with Crippen LogP contribution in [0.1, 0.15) is 40.5 Å². The van der Waals surface area contributed by atoms with Gasteiger partial charge in [-0.05, 0) is 46.5 Å². The summed E-state index contributed by atoms with van der Waals surface area (Å²) in [6, 6.07) is 1.05. The number of fused-ring (bicyclic) bond motifs is 1. The molecule has 2 fully saturated rings. The summed E-state index contributed by atoms with van der Waals surface area (Å²) < 4.78 is 5.41. The zero-order chi connectivity index (χ0) is 12.6. The molecular weight excluding hydrogens is 216 g/mol. The van der Waals surface area contributed by atoms with Crippen LogP contribution < -0.4 is 5.32 Å². The molecule has 0 bridgehead atoms. The predicted molar refractivity (Wildman–Crippen MR) is 66.9 cm³/mol. The Morgan fingerprint density at radius 2 is 2.12 bits per heavy atom. The summed E-state index contributed by atoms with van der Waals surface area (Å²) in [5, 5.41) is 3.55. The van der Waals surface area contributed by atoms with Gasteiger partial charge in [-0.1, -0.05) is 0 Å². The fourth-order valence-electron chi connectivity index (χ4n) is 2.85. The van der Waals surface area contributed by atoms with Crippen molar-refractivity contribution in [2.45, 2.75) is 58.2 Å². The first kappa shape index (κ1) is 12.7. The molecule has 3 atom stereocenters. The van der Waals surface area contributed by atoms with Gasteiger partial charge in [0.25, 0.3) is 0 Å². The second-order valence-corrected chi connectivity index (χ2v) is 6.39. The Morgan fingerprint density at radius 3 is 2.76 bits per heavy atom. The maximum absolute atomic E-state index is 12.0. The molecule has 0 radical (unpaired) electrons. The van der Waals surface area contributed by atoms with Crippen LogP contribution in [0.4, 0.5) is 4.79 Å². The lowest BCUT2D eigenvalue weighted by molar-refractivity contribution is 0.0164. The van der Waals surface area contributed by atoms with Crippen LogP contribution >= 0.6 is 0 Å². The lowest BCUT2D eigenvalue weighted by atomic mass is 9.92. The maximum atomic E-state index is 12.0. The zero-order valence-corrected chi connectivity index (χ0v) is 11.3. The molecule has 4 nitrogen and oxygen atoms in total. The van der Waals surface area contributed by atoms with Crippen molar-refractivity contribution in [3.63, 3.8) is 0 Å². The first-order valence-corrected chi connectivity index (χ1v) is 6.59. The molecular formula is C13H24N2O2. The third-order valence-corrected chi connectivity index (χ3v) is 3.56. The van der Waals surface area contributed by atoms with Crippen molar-refractivity contribution in [1.29, 1.82) is 0 Å². The highest BCUT2D eigenvalue weighted by molar-refractivity contribution is 5.68. The van der Waals surface area contributed by atoms with E-state index in [-0.39, 0.29) is 6.09 Å². The van der Waals surface area contributed by atoms with Crippen LogP contribution in [0.2, 0.25) is 0 Å². The van der Waals surface area contributed by atoms with E-state index >= 15 is 0 Å². The van der Waals surface area contributed by atoms with Crippen LogP contribution in [-0.4, -0.2) is 41.8 Å². The van der Waals surface area contributed by atoms with Crippen LogP contribution in [0.3, 0.4) is 0 Å².